The van der Waals surface area contributed by atoms with Gasteiger partial charge in [-0.25, -0.2) is 9.20 Å². The van der Waals surface area contributed by atoms with Gasteiger partial charge in [0.25, 0.3) is 0 Å². The molecule has 5 heteroatoms. The van der Waals surface area contributed by atoms with Crippen LogP contribution < -0.4 is 0 Å². The first kappa shape index (κ1) is 7.75. The maximum Gasteiger partial charge on any atom is 0.107 e. The van der Waals surface area contributed by atoms with Crippen molar-refractivity contribution in [3.8, 4) is 0 Å². The molecule has 3 rings (SSSR count). The highest BCUT2D eigenvalue weighted by molar-refractivity contribution is 7.99. The summed E-state index contributed by atoms with van der Waals surface area (Å²) in [6, 6.07) is 3.65. The highest BCUT2D eigenvalue weighted by Gasteiger charge is 2.18. The largest absolute Gasteiger partial charge is 0.253 e. The van der Waals surface area contributed by atoms with Crippen LogP contribution in [0.15, 0.2) is 34.4 Å². The van der Waals surface area contributed by atoms with Crippen molar-refractivity contribution in [2.24, 2.45) is 4.99 Å². The molecule has 0 saturated carbocycles. The lowest BCUT2D eigenvalue weighted by molar-refractivity contribution is 0.691. The van der Waals surface area contributed by atoms with Gasteiger partial charge in [-0.2, -0.15) is 0 Å². The third-order valence-corrected chi connectivity index (χ3v) is 3.16. The normalized spacial score (nSPS) is 18.7. The first-order chi connectivity index (χ1) is 6.86. The van der Waals surface area contributed by atoms with Gasteiger partial charge in [0, 0.05) is 12.4 Å². The van der Waals surface area contributed by atoms with Crippen molar-refractivity contribution in [3.63, 3.8) is 0 Å². The smallest absolute Gasteiger partial charge is 0.107 e. The van der Waals surface area contributed by atoms with Crippen LogP contribution in [0.5, 0.6) is 0 Å². The van der Waals surface area contributed by atoms with E-state index in [1.54, 1.807) is 12.4 Å². The van der Waals surface area contributed by atoms with Crippen molar-refractivity contribution in [2.75, 3.05) is 0 Å². The van der Waals surface area contributed by atoms with Crippen LogP contribution in [-0.4, -0.2) is 19.7 Å². The van der Waals surface area contributed by atoms with Crippen molar-refractivity contribution >= 4 is 33.1 Å². The summed E-state index contributed by atoms with van der Waals surface area (Å²) < 4.78 is 11.6. The summed E-state index contributed by atoms with van der Waals surface area (Å²) in [5.41, 5.74) is 3.60. The predicted octanol–water partition coefficient (Wildman–Crippen LogP) is 1.41. The second-order valence-corrected chi connectivity index (χ2v) is 4.08. The first-order valence-corrected chi connectivity index (χ1v) is 5.26. The van der Waals surface area contributed by atoms with Gasteiger partial charge < -0.3 is 0 Å². The second kappa shape index (κ2) is 2.68. The minimum atomic E-state index is -1.17. The van der Waals surface area contributed by atoms with Crippen LogP contribution in [0, 0.1) is 0 Å². The zero-order valence-corrected chi connectivity index (χ0v) is 7.86. The van der Waals surface area contributed by atoms with E-state index in [2.05, 4.69) is 15.0 Å². The van der Waals surface area contributed by atoms with Crippen molar-refractivity contribution < 1.29 is 4.21 Å². The van der Waals surface area contributed by atoms with Crippen LogP contribution in [0.2, 0.25) is 0 Å². The molecule has 0 amide bonds. The van der Waals surface area contributed by atoms with Gasteiger partial charge in [0.1, 0.15) is 16.3 Å². The van der Waals surface area contributed by atoms with Crippen LogP contribution in [0.25, 0.3) is 11.0 Å². The number of aliphatic imine (C=N–C) groups is 1. The van der Waals surface area contributed by atoms with Crippen LogP contribution in [0.4, 0.5) is 5.69 Å². The first-order valence-electron chi connectivity index (χ1n) is 4.05. The van der Waals surface area contributed by atoms with Gasteiger partial charge in [-0.1, -0.05) is 0 Å². The molecule has 68 valence electrons. The molecular weight excluding hydrogens is 198 g/mol. The lowest BCUT2D eigenvalue weighted by atomic mass is 10.2. The molecule has 4 nitrogen and oxygen atoms in total. The molecule has 2 aromatic rings. The number of aromatic nitrogens is 2. The van der Waals surface area contributed by atoms with E-state index >= 15 is 0 Å². The minimum Gasteiger partial charge on any atom is -0.253 e. The topological polar surface area (TPSA) is 55.2 Å². The van der Waals surface area contributed by atoms with Gasteiger partial charge in [-0.05, 0) is 12.1 Å². The number of hydrogen-bond acceptors (Lipinski definition) is 4. The Hall–Kier alpha value is -1.62. The molecular formula is C9H5N3OS. The number of rotatable bonds is 0. The molecule has 1 aliphatic heterocycles. The Morgan fingerprint density at radius 2 is 2.00 bits per heavy atom. The Bertz CT molecular complexity index is 579. The van der Waals surface area contributed by atoms with Crippen molar-refractivity contribution in [1.82, 2.24) is 9.97 Å². The van der Waals surface area contributed by atoms with E-state index < -0.39 is 10.8 Å². The zero-order chi connectivity index (χ0) is 9.54. The number of hydrogen-bond donors (Lipinski definition) is 0. The molecule has 0 N–H and O–H groups in total. The Kier molecular flexibility index (Phi) is 1.49. The van der Waals surface area contributed by atoms with E-state index in [1.165, 1.54) is 5.55 Å². The molecule has 0 spiro atoms. The molecule has 14 heavy (non-hydrogen) atoms. The van der Waals surface area contributed by atoms with Gasteiger partial charge in [0.2, 0.25) is 0 Å². The predicted molar refractivity (Wildman–Crippen MR) is 54.1 cm³/mol. The minimum absolute atomic E-state index is 0.676. The number of nitrogens with zero attached hydrogens (tertiary/aromatic N) is 3. The third kappa shape index (κ3) is 0.927. The molecule has 2 heterocycles. The summed E-state index contributed by atoms with van der Waals surface area (Å²) >= 11 is 0. The van der Waals surface area contributed by atoms with Crippen LogP contribution >= 0.6 is 0 Å². The summed E-state index contributed by atoms with van der Waals surface area (Å²) in [5, 5.41) is 0. The third-order valence-electron chi connectivity index (χ3n) is 2.06. The molecule has 0 saturated heterocycles. The fourth-order valence-electron chi connectivity index (χ4n) is 1.46. The average Bonchev–Trinajstić information content (AvgIpc) is 2.61. The van der Waals surface area contributed by atoms with Crippen molar-refractivity contribution in [2.45, 2.75) is 4.90 Å². The quantitative estimate of drug-likeness (QED) is 0.650. The fourth-order valence-corrected chi connectivity index (χ4v) is 2.45. The Balaban J connectivity index is 2.50. The van der Waals surface area contributed by atoms with Crippen LogP contribution in [0.1, 0.15) is 0 Å². The van der Waals surface area contributed by atoms with Gasteiger partial charge in [0.15, 0.2) is 0 Å². The number of fused-ring (bicyclic) bond motifs is 3. The fraction of sp³-hybridized carbons (Fsp3) is 0. The van der Waals surface area contributed by atoms with Gasteiger partial charge in [-0.15, -0.1) is 0 Å². The molecule has 1 aliphatic rings. The Labute approximate surface area is 82.2 Å². The molecule has 1 aromatic carbocycles. The van der Waals surface area contributed by atoms with Crippen LogP contribution in [-0.2, 0) is 10.8 Å². The van der Waals surface area contributed by atoms with Gasteiger partial charge in [0.05, 0.1) is 21.6 Å². The number of benzene rings is 1. The van der Waals surface area contributed by atoms with Gasteiger partial charge in [-0.3, -0.25) is 9.97 Å². The van der Waals surface area contributed by atoms with E-state index in [1.807, 2.05) is 12.1 Å². The standard InChI is InChI=1S/C9H5N3OS/c13-14-5-12-7-2-1-6-8(9(7)14)11-4-3-10-6/h1-5H. The maximum atomic E-state index is 11.6. The van der Waals surface area contributed by atoms with E-state index in [-0.39, 0.29) is 0 Å². The Morgan fingerprint density at radius 1 is 1.14 bits per heavy atom. The molecule has 0 radical (unpaired) electrons. The summed E-state index contributed by atoms with van der Waals surface area (Å²) in [5.74, 6) is 0. The van der Waals surface area contributed by atoms with Crippen LogP contribution in [0.3, 0.4) is 0 Å². The van der Waals surface area contributed by atoms with Crippen molar-refractivity contribution in [3.05, 3.63) is 24.5 Å². The SMILES string of the molecule is O=S1C=Nc2ccc3nccnc3c21. The summed E-state index contributed by atoms with van der Waals surface area (Å²) in [4.78, 5) is 13.0. The van der Waals surface area contributed by atoms with E-state index in [0.29, 0.717) is 10.4 Å². The average molecular weight is 203 g/mol. The van der Waals surface area contributed by atoms with E-state index in [9.17, 15) is 4.21 Å². The van der Waals surface area contributed by atoms with Gasteiger partial charge >= 0.3 is 0 Å². The van der Waals surface area contributed by atoms with E-state index in [0.717, 1.165) is 11.2 Å². The molecule has 0 aliphatic carbocycles. The lowest BCUT2D eigenvalue weighted by Crippen LogP contribution is -1.91. The van der Waals surface area contributed by atoms with E-state index in [4.69, 9.17) is 0 Å². The highest BCUT2D eigenvalue weighted by atomic mass is 32.2. The van der Waals surface area contributed by atoms with Crippen molar-refractivity contribution in [1.29, 1.82) is 0 Å². The summed E-state index contributed by atoms with van der Waals surface area (Å²) in [6.07, 6.45) is 3.21. The Morgan fingerprint density at radius 3 is 2.93 bits per heavy atom. The summed E-state index contributed by atoms with van der Waals surface area (Å²) in [7, 11) is -1.17. The highest BCUT2D eigenvalue weighted by Crippen LogP contribution is 2.32. The zero-order valence-electron chi connectivity index (χ0n) is 7.04. The lowest BCUT2D eigenvalue weighted by Gasteiger charge is -1.99. The monoisotopic (exact) mass is 203 g/mol. The molecule has 1 atom stereocenters. The molecule has 0 fully saturated rings. The molecule has 1 aromatic heterocycles. The summed E-state index contributed by atoms with van der Waals surface area (Å²) in [6.45, 7) is 0. The molecule has 0 bridgehead atoms. The second-order valence-electron chi connectivity index (χ2n) is 2.87. The molecule has 1 unspecified atom stereocenters. The maximum absolute atomic E-state index is 11.6.